The number of benzene rings is 3. The van der Waals surface area contributed by atoms with Crippen LogP contribution >= 0.6 is 11.8 Å². The van der Waals surface area contributed by atoms with Gasteiger partial charge in [-0.05, 0) is 55.1 Å². The number of anilines is 2. The predicted molar refractivity (Wildman–Crippen MR) is 162 cm³/mol. The van der Waals surface area contributed by atoms with E-state index in [1.165, 1.54) is 0 Å². The molecule has 1 fully saturated rings. The lowest BCUT2D eigenvalue weighted by Crippen LogP contribution is -2.36. The average molecular weight is 613 g/mol. The first-order valence-electron chi connectivity index (χ1n) is 13.6. The largest absolute Gasteiger partial charge is 0.454 e. The van der Waals surface area contributed by atoms with Crippen LogP contribution in [0.4, 0.5) is 16.2 Å². The molecule has 4 aromatic rings. The molecular formula is C31H24N4O8S. The first kappa shape index (κ1) is 27.4. The van der Waals surface area contributed by atoms with Crippen molar-refractivity contribution in [2.45, 2.75) is 13.5 Å². The number of hydrogen-bond donors (Lipinski definition) is 2. The van der Waals surface area contributed by atoms with Gasteiger partial charge in [-0.2, -0.15) is 0 Å². The first-order chi connectivity index (χ1) is 21.3. The van der Waals surface area contributed by atoms with E-state index >= 15 is 0 Å². The van der Waals surface area contributed by atoms with Crippen molar-refractivity contribution in [2.24, 2.45) is 0 Å². The molecule has 4 amide bonds. The van der Waals surface area contributed by atoms with Crippen LogP contribution in [0.3, 0.4) is 0 Å². The van der Waals surface area contributed by atoms with Crippen LogP contribution in [0.15, 0.2) is 65.6 Å². The quantitative estimate of drug-likeness (QED) is 0.284. The maximum Gasteiger partial charge on any atom is 0.294 e. The molecule has 0 atom stereocenters. The number of carbonyl (C=O) groups excluding carboxylic acids is 4. The minimum Gasteiger partial charge on any atom is -0.454 e. The number of amides is 4. The third-order valence-electron chi connectivity index (χ3n) is 7.34. The molecule has 12 nitrogen and oxygen atoms in total. The highest BCUT2D eigenvalue weighted by Crippen LogP contribution is 2.37. The van der Waals surface area contributed by atoms with Gasteiger partial charge in [-0.25, -0.2) is 0 Å². The summed E-state index contributed by atoms with van der Waals surface area (Å²) in [6.45, 7) is 1.65. The van der Waals surface area contributed by atoms with Crippen LogP contribution in [-0.4, -0.2) is 52.6 Å². The Kier molecular flexibility index (Phi) is 6.85. The SMILES string of the molecule is Cc1c(/C=C2\SC(=O)N(CC(=O)Nc3ccc4c(c3)OCO4)C2=O)c2ccccc2n1CC(=O)Nc1ccc2c(c1)OCO2. The molecule has 0 aliphatic carbocycles. The monoisotopic (exact) mass is 612 g/mol. The summed E-state index contributed by atoms with van der Waals surface area (Å²) in [6, 6.07) is 17.6. The highest BCUT2D eigenvalue weighted by molar-refractivity contribution is 8.18. The molecule has 3 aliphatic rings. The molecule has 7 rings (SSSR count). The summed E-state index contributed by atoms with van der Waals surface area (Å²) >= 11 is 0.765. The van der Waals surface area contributed by atoms with Gasteiger partial charge in [-0.3, -0.25) is 24.1 Å². The maximum atomic E-state index is 13.3. The van der Waals surface area contributed by atoms with Crippen LogP contribution in [0.25, 0.3) is 17.0 Å². The maximum absolute atomic E-state index is 13.3. The Morgan fingerprint density at radius 3 is 2.07 bits per heavy atom. The molecule has 13 heteroatoms. The molecule has 0 spiro atoms. The standard InChI is InChI=1S/C31H24N4O8S/c1-17-21(12-27-30(38)35(31(39)44-27)14-29(37)33-19-7-9-24-26(11-19)43-16-41-24)20-4-2-3-5-22(20)34(17)13-28(36)32-18-6-8-23-25(10-18)42-15-40-23/h2-12H,13-16H2,1H3,(H,32,36)(H,33,37)/b27-12-. The van der Waals surface area contributed by atoms with Crippen molar-refractivity contribution in [2.75, 3.05) is 30.8 Å². The summed E-state index contributed by atoms with van der Waals surface area (Å²) < 4.78 is 23.2. The van der Waals surface area contributed by atoms with Crippen LogP contribution in [0.1, 0.15) is 11.3 Å². The fourth-order valence-electron chi connectivity index (χ4n) is 5.25. The number of aromatic nitrogens is 1. The number of fused-ring (bicyclic) bond motifs is 3. The van der Waals surface area contributed by atoms with Crippen molar-refractivity contribution in [1.82, 2.24) is 9.47 Å². The number of nitrogens with one attached hydrogen (secondary N) is 2. The zero-order valence-electron chi connectivity index (χ0n) is 23.2. The molecule has 3 aromatic carbocycles. The number of thioether (sulfide) groups is 1. The van der Waals surface area contributed by atoms with Gasteiger partial charge in [0.25, 0.3) is 11.1 Å². The third-order valence-corrected chi connectivity index (χ3v) is 8.25. The summed E-state index contributed by atoms with van der Waals surface area (Å²) in [6.07, 6.45) is 1.64. The molecule has 3 aliphatic heterocycles. The predicted octanol–water partition coefficient (Wildman–Crippen LogP) is 4.72. The summed E-state index contributed by atoms with van der Waals surface area (Å²) in [5.74, 6) is 0.888. The zero-order valence-corrected chi connectivity index (χ0v) is 24.1. The van der Waals surface area contributed by atoms with Crippen molar-refractivity contribution in [3.63, 3.8) is 0 Å². The van der Waals surface area contributed by atoms with Crippen molar-refractivity contribution < 1.29 is 38.1 Å². The van der Waals surface area contributed by atoms with Crippen molar-refractivity contribution in [3.8, 4) is 23.0 Å². The molecule has 4 heterocycles. The number of para-hydroxylation sites is 1. The Hall–Kier alpha value is -5.43. The summed E-state index contributed by atoms with van der Waals surface area (Å²) in [7, 11) is 0. The fraction of sp³-hybridized carbons (Fsp3) is 0.161. The lowest BCUT2D eigenvalue weighted by Gasteiger charge is -2.12. The van der Waals surface area contributed by atoms with E-state index in [2.05, 4.69) is 10.6 Å². The highest BCUT2D eigenvalue weighted by atomic mass is 32.2. The van der Waals surface area contributed by atoms with Gasteiger partial charge in [0, 0.05) is 45.7 Å². The van der Waals surface area contributed by atoms with Gasteiger partial charge in [0.2, 0.25) is 25.4 Å². The van der Waals surface area contributed by atoms with Gasteiger partial charge in [-0.1, -0.05) is 18.2 Å². The molecule has 0 unspecified atom stereocenters. The number of rotatable bonds is 7. The van der Waals surface area contributed by atoms with Crippen LogP contribution < -0.4 is 29.6 Å². The van der Waals surface area contributed by atoms with Crippen molar-refractivity contribution >= 4 is 63.1 Å². The summed E-state index contributed by atoms with van der Waals surface area (Å²) in [4.78, 5) is 53.0. The van der Waals surface area contributed by atoms with Gasteiger partial charge < -0.3 is 34.1 Å². The van der Waals surface area contributed by atoms with Crippen LogP contribution in [0, 0.1) is 6.92 Å². The van der Waals surface area contributed by atoms with Gasteiger partial charge >= 0.3 is 0 Å². The first-order valence-corrected chi connectivity index (χ1v) is 14.4. The Morgan fingerprint density at radius 1 is 0.818 bits per heavy atom. The number of ether oxygens (including phenoxy) is 4. The van der Waals surface area contributed by atoms with E-state index < -0.39 is 23.6 Å². The fourth-order valence-corrected chi connectivity index (χ4v) is 6.07. The Bertz CT molecular complexity index is 1920. The van der Waals surface area contributed by atoms with E-state index in [4.69, 9.17) is 18.9 Å². The minimum absolute atomic E-state index is 0.0101. The molecule has 222 valence electrons. The summed E-state index contributed by atoms with van der Waals surface area (Å²) in [5, 5.41) is 5.84. The topological polar surface area (TPSA) is 137 Å². The van der Waals surface area contributed by atoms with E-state index in [1.807, 2.05) is 35.8 Å². The van der Waals surface area contributed by atoms with Crippen LogP contribution in [0.5, 0.6) is 23.0 Å². The van der Waals surface area contributed by atoms with E-state index in [0.717, 1.165) is 33.3 Å². The second kappa shape index (κ2) is 11.0. The summed E-state index contributed by atoms with van der Waals surface area (Å²) in [5.41, 5.74) is 3.25. The van der Waals surface area contributed by atoms with Gasteiger partial charge in [0.1, 0.15) is 13.1 Å². The molecule has 0 radical (unpaired) electrons. The molecular weight excluding hydrogens is 588 g/mol. The molecule has 44 heavy (non-hydrogen) atoms. The highest BCUT2D eigenvalue weighted by Gasteiger charge is 2.37. The second-order valence-electron chi connectivity index (χ2n) is 10.1. The molecule has 0 bridgehead atoms. The van der Waals surface area contributed by atoms with Gasteiger partial charge in [-0.15, -0.1) is 0 Å². The number of nitrogens with zero attached hydrogens (tertiary/aromatic N) is 2. The molecule has 0 saturated carbocycles. The molecule has 1 aromatic heterocycles. The minimum atomic E-state index is -0.572. The lowest BCUT2D eigenvalue weighted by molar-refractivity contribution is -0.127. The normalized spacial score (nSPS) is 15.8. The zero-order chi connectivity index (χ0) is 30.4. The Balaban J connectivity index is 1.08. The number of imide groups is 1. The smallest absolute Gasteiger partial charge is 0.294 e. The lowest BCUT2D eigenvalue weighted by atomic mass is 10.1. The van der Waals surface area contributed by atoms with Crippen molar-refractivity contribution in [3.05, 3.63) is 76.8 Å². The second-order valence-corrected chi connectivity index (χ2v) is 11.1. The molecule has 1 saturated heterocycles. The van der Waals surface area contributed by atoms with Gasteiger partial charge in [0.15, 0.2) is 23.0 Å². The van der Waals surface area contributed by atoms with E-state index in [-0.39, 0.29) is 30.9 Å². The third kappa shape index (κ3) is 5.07. The van der Waals surface area contributed by atoms with Crippen LogP contribution in [0.2, 0.25) is 0 Å². The van der Waals surface area contributed by atoms with E-state index in [9.17, 15) is 19.2 Å². The van der Waals surface area contributed by atoms with Gasteiger partial charge in [0.05, 0.1) is 4.91 Å². The molecule has 2 N–H and O–H groups in total. The average Bonchev–Trinajstić information content (AvgIpc) is 3.78. The number of hydrogen-bond acceptors (Lipinski definition) is 9. The van der Waals surface area contributed by atoms with Crippen LogP contribution in [-0.2, 0) is 20.9 Å². The Labute approximate surface area is 254 Å². The number of carbonyl (C=O) groups is 4. The van der Waals surface area contributed by atoms with Crippen molar-refractivity contribution in [1.29, 1.82) is 0 Å². The Morgan fingerprint density at radius 2 is 1.41 bits per heavy atom. The van der Waals surface area contributed by atoms with E-state index in [0.29, 0.717) is 39.9 Å². The van der Waals surface area contributed by atoms with E-state index in [1.54, 1.807) is 42.5 Å².